The number of rotatable bonds is 2. The molecule has 3 aromatic rings. The predicted molar refractivity (Wildman–Crippen MR) is 79.9 cm³/mol. The van der Waals surface area contributed by atoms with Gasteiger partial charge in [0.15, 0.2) is 0 Å². The van der Waals surface area contributed by atoms with E-state index in [9.17, 15) is 9.50 Å². The number of aliphatic hydroxyl groups is 1. The maximum Gasteiger partial charge on any atom is 0.143 e. The zero-order valence-corrected chi connectivity index (χ0v) is 12.0. The standard InChI is InChI=1S/C16H11BrFNO/c17-12-6-3-5-11(15(12)18)16(20)14-9-8-10-4-1-2-7-13(10)19-14/h1-9,16,20H. The second kappa shape index (κ2) is 5.31. The highest BCUT2D eigenvalue weighted by Crippen LogP contribution is 2.28. The van der Waals surface area contributed by atoms with Crippen LogP contribution in [-0.4, -0.2) is 10.1 Å². The SMILES string of the molecule is OC(c1ccc2ccccc2n1)c1cccc(Br)c1F. The van der Waals surface area contributed by atoms with Gasteiger partial charge in [0.05, 0.1) is 15.7 Å². The summed E-state index contributed by atoms with van der Waals surface area (Å²) in [5.74, 6) is -0.463. The van der Waals surface area contributed by atoms with Gasteiger partial charge in [0.25, 0.3) is 0 Å². The van der Waals surface area contributed by atoms with Gasteiger partial charge in [0, 0.05) is 10.9 Å². The second-order valence-corrected chi connectivity index (χ2v) is 5.33. The van der Waals surface area contributed by atoms with Crippen molar-refractivity contribution in [2.45, 2.75) is 6.10 Å². The zero-order valence-electron chi connectivity index (χ0n) is 10.4. The van der Waals surface area contributed by atoms with Crippen LogP contribution in [-0.2, 0) is 0 Å². The van der Waals surface area contributed by atoms with Crippen LogP contribution < -0.4 is 0 Å². The van der Waals surface area contributed by atoms with Crippen molar-refractivity contribution in [1.82, 2.24) is 4.98 Å². The van der Waals surface area contributed by atoms with Crippen LogP contribution >= 0.6 is 15.9 Å². The Balaban J connectivity index is 2.08. The summed E-state index contributed by atoms with van der Waals surface area (Å²) in [6, 6.07) is 16.0. The van der Waals surface area contributed by atoms with Crippen LogP contribution in [0.5, 0.6) is 0 Å². The molecule has 0 fully saturated rings. The van der Waals surface area contributed by atoms with Crippen molar-refractivity contribution in [1.29, 1.82) is 0 Å². The average molecular weight is 332 g/mol. The summed E-state index contributed by atoms with van der Waals surface area (Å²) in [5, 5.41) is 11.3. The third-order valence-corrected chi connectivity index (χ3v) is 3.79. The Morgan fingerprint density at radius 1 is 1.00 bits per heavy atom. The van der Waals surface area contributed by atoms with Crippen molar-refractivity contribution < 1.29 is 9.50 Å². The molecule has 1 aromatic heterocycles. The highest BCUT2D eigenvalue weighted by atomic mass is 79.9. The molecule has 0 spiro atoms. The van der Waals surface area contributed by atoms with E-state index in [-0.39, 0.29) is 5.56 Å². The Bertz CT molecular complexity index is 775. The molecular formula is C16H11BrFNO. The number of aromatic nitrogens is 1. The minimum Gasteiger partial charge on any atom is -0.382 e. The van der Waals surface area contributed by atoms with E-state index in [1.165, 1.54) is 0 Å². The normalized spacial score (nSPS) is 12.6. The van der Waals surface area contributed by atoms with E-state index < -0.39 is 11.9 Å². The van der Waals surface area contributed by atoms with Gasteiger partial charge >= 0.3 is 0 Å². The molecule has 3 rings (SSSR count). The van der Waals surface area contributed by atoms with E-state index in [2.05, 4.69) is 20.9 Å². The minimum atomic E-state index is -1.09. The van der Waals surface area contributed by atoms with Crippen LogP contribution in [0.3, 0.4) is 0 Å². The number of hydrogen-bond donors (Lipinski definition) is 1. The number of aliphatic hydroxyl groups excluding tert-OH is 1. The van der Waals surface area contributed by atoms with Gasteiger partial charge in [-0.2, -0.15) is 0 Å². The first-order valence-electron chi connectivity index (χ1n) is 6.14. The molecule has 1 unspecified atom stereocenters. The van der Waals surface area contributed by atoms with Crippen LogP contribution in [0, 0.1) is 5.82 Å². The third kappa shape index (κ3) is 2.32. The fourth-order valence-corrected chi connectivity index (χ4v) is 2.51. The molecule has 0 aliphatic heterocycles. The molecule has 2 nitrogen and oxygen atoms in total. The molecule has 0 aliphatic carbocycles. The number of nitrogens with zero attached hydrogens (tertiary/aromatic N) is 1. The summed E-state index contributed by atoms with van der Waals surface area (Å²) >= 11 is 3.12. The van der Waals surface area contributed by atoms with E-state index in [0.29, 0.717) is 10.2 Å². The molecule has 1 N–H and O–H groups in total. The summed E-state index contributed by atoms with van der Waals surface area (Å²) in [7, 11) is 0. The molecule has 100 valence electrons. The van der Waals surface area contributed by atoms with E-state index in [0.717, 1.165) is 10.9 Å². The quantitative estimate of drug-likeness (QED) is 0.762. The molecule has 2 aromatic carbocycles. The van der Waals surface area contributed by atoms with Gasteiger partial charge in [-0.05, 0) is 34.1 Å². The molecule has 4 heteroatoms. The lowest BCUT2D eigenvalue weighted by Gasteiger charge is -2.13. The Labute approximate surface area is 124 Å². The van der Waals surface area contributed by atoms with Gasteiger partial charge < -0.3 is 5.11 Å². The first-order chi connectivity index (χ1) is 9.66. The van der Waals surface area contributed by atoms with Crippen LogP contribution in [0.25, 0.3) is 10.9 Å². The molecule has 0 bridgehead atoms. The van der Waals surface area contributed by atoms with E-state index in [1.807, 2.05) is 30.3 Å². The van der Waals surface area contributed by atoms with Crippen LogP contribution in [0.4, 0.5) is 4.39 Å². The lowest BCUT2D eigenvalue weighted by Crippen LogP contribution is -2.05. The molecule has 20 heavy (non-hydrogen) atoms. The topological polar surface area (TPSA) is 33.1 Å². The highest BCUT2D eigenvalue weighted by molar-refractivity contribution is 9.10. The van der Waals surface area contributed by atoms with Gasteiger partial charge in [-0.3, -0.25) is 0 Å². The van der Waals surface area contributed by atoms with Crippen molar-refractivity contribution in [3.8, 4) is 0 Å². The average Bonchev–Trinajstić information content (AvgIpc) is 2.49. The van der Waals surface area contributed by atoms with Gasteiger partial charge in [0.1, 0.15) is 11.9 Å². The molecule has 0 saturated carbocycles. The first kappa shape index (κ1) is 13.2. The molecule has 0 saturated heterocycles. The first-order valence-corrected chi connectivity index (χ1v) is 6.94. The summed E-state index contributed by atoms with van der Waals surface area (Å²) in [6.45, 7) is 0. The molecular weight excluding hydrogens is 321 g/mol. The number of benzene rings is 2. The third-order valence-electron chi connectivity index (χ3n) is 3.18. The smallest absolute Gasteiger partial charge is 0.143 e. The van der Waals surface area contributed by atoms with Gasteiger partial charge in [-0.25, -0.2) is 9.37 Å². The van der Waals surface area contributed by atoms with Crippen LogP contribution in [0.2, 0.25) is 0 Å². The fourth-order valence-electron chi connectivity index (χ4n) is 2.13. The van der Waals surface area contributed by atoms with E-state index in [4.69, 9.17) is 0 Å². The van der Waals surface area contributed by atoms with Crippen LogP contribution in [0.1, 0.15) is 17.4 Å². The fraction of sp³-hybridized carbons (Fsp3) is 0.0625. The molecule has 1 atom stereocenters. The van der Waals surface area contributed by atoms with E-state index in [1.54, 1.807) is 24.3 Å². The zero-order chi connectivity index (χ0) is 14.1. The lowest BCUT2D eigenvalue weighted by atomic mass is 10.0. The Hall–Kier alpha value is -1.78. The summed E-state index contributed by atoms with van der Waals surface area (Å²) in [6.07, 6.45) is -1.09. The largest absolute Gasteiger partial charge is 0.382 e. The van der Waals surface area contributed by atoms with Crippen molar-refractivity contribution in [3.63, 3.8) is 0 Å². The Morgan fingerprint density at radius 2 is 1.80 bits per heavy atom. The highest BCUT2D eigenvalue weighted by Gasteiger charge is 2.18. The number of hydrogen-bond acceptors (Lipinski definition) is 2. The van der Waals surface area contributed by atoms with Crippen molar-refractivity contribution in [3.05, 3.63) is 76.1 Å². The van der Waals surface area contributed by atoms with Crippen molar-refractivity contribution >= 4 is 26.8 Å². The van der Waals surface area contributed by atoms with Crippen LogP contribution in [0.15, 0.2) is 59.1 Å². The molecule has 0 radical (unpaired) electrons. The minimum absolute atomic E-state index is 0.210. The molecule has 0 amide bonds. The van der Waals surface area contributed by atoms with Gasteiger partial charge in [0.2, 0.25) is 0 Å². The Morgan fingerprint density at radius 3 is 2.65 bits per heavy atom. The van der Waals surface area contributed by atoms with Crippen molar-refractivity contribution in [2.24, 2.45) is 0 Å². The lowest BCUT2D eigenvalue weighted by molar-refractivity contribution is 0.210. The maximum absolute atomic E-state index is 14.0. The van der Waals surface area contributed by atoms with Crippen molar-refractivity contribution in [2.75, 3.05) is 0 Å². The summed E-state index contributed by atoms with van der Waals surface area (Å²) in [4.78, 5) is 4.39. The summed E-state index contributed by atoms with van der Waals surface area (Å²) < 4.78 is 14.3. The number of halogens is 2. The number of pyridine rings is 1. The second-order valence-electron chi connectivity index (χ2n) is 4.47. The summed E-state index contributed by atoms with van der Waals surface area (Å²) in [5.41, 5.74) is 1.42. The molecule has 1 heterocycles. The number of para-hydroxylation sites is 1. The van der Waals surface area contributed by atoms with E-state index >= 15 is 0 Å². The monoisotopic (exact) mass is 331 g/mol. The predicted octanol–water partition coefficient (Wildman–Crippen LogP) is 4.22. The van der Waals surface area contributed by atoms with Gasteiger partial charge in [-0.15, -0.1) is 0 Å². The van der Waals surface area contributed by atoms with Gasteiger partial charge in [-0.1, -0.05) is 36.4 Å². The molecule has 0 aliphatic rings. The Kier molecular flexibility index (Phi) is 3.51. The maximum atomic E-state index is 14.0. The number of fused-ring (bicyclic) bond motifs is 1.